The summed E-state index contributed by atoms with van der Waals surface area (Å²) in [7, 11) is 0. The Morgan fingerprint density at radius 1 is 1.57 bits per heavy atom. The summed E-state index contributed by atoms with van der Waals surface area (Å²) in [6.07, 6.45) is -2.57. The monoisotopic (exact) mass is 206 g/mol. The lowest BCUT2D eigenvalue weighted by molar-refractivity contribution is -0.137. The van der Waals surface area contributed by atoms with Crippen molar-refractivity contribution in [2.45, 2.75) is 13.1 Å². The molecule has 0 bridgehead atoms. The lowest BCUT2D eigenvalue weighted by Gasteiger charge is -2.03. The number of hydrogen-bond donors (Lipinski definition) is 1. The molecule has 0 saturated heterocycles. The van der Waals surface area contributed by atoms with E-state index in [1.807, 2.05) is 0 Å². The molecule has 0 aromatic carbocycles. The van der Waals surface area contributed by atoms with Gasteiger partial charge in [-0.05, 0) is 13.0 Å². The Balaban J connectivity index is 2.83. The van der Waals surface area contributed by atoms with Crippen LogP contribution in [0.1, 0.15) is 12.5 Å². The number of hydrogen-bond acceptors (Lipinski definition) is 1. The van der Waals surface area contributed by atoms with E-state index in [0.29, 0.717) is 6.54 Å². The molecule has 1 N–H and O–H groups in total. The molecule has 14 heavy (non-hydrogen) atoms. The van der Waals surface area contributed by atoms with Crippen LogP contribution in [0.3, 0.4) is 0 Å². The van der Waals surface area contributed by atoms with Crippen LogP contribution in [0.4, 0.5) is 18.0 Å². The van der Waals surface area contributed by atoms with Crippen molar-refractivity contribution in [1.82, 2.24) is 9.88 Å². The summed E-state index contributed by atoms with van der Waals surface area (Å²) in [6.45, 7) is 2.06. The number of alkyl halides is 3. The molecule has 78 valence electrons. The van der Waals surface area contributed by atoms with E-state index in [4.69, 9.17) is 0 Å². The van der Waals surface area contributed by atoms with E-state index in [1.54, 1.807) is 6.92 Å². The first-order valence-electron chi connectivity index (χ1n) is 3.98. The van der Waals surface area contributed by atoms with Crippen molar-refractivity contribution in [1.29, 1.82) is 0 Å². The smallest absolute Gasteiger partial charge is 0.338 e. The van der Waals surface area contributed by atoms with Gasteiger partial charge >= 0.3 is 12.2 Å². The molecule has 0 saturated carbocycles. The fourth-order valence-corrected chi connectivity index (χ4v) is 0.933. The summed E-state index contributed by atoms with van der Waals surface area (Å²) in [5, 5.41) is 2.38. The van der Waals surface area contributed by atoms with Gasteiger partial charge in [-0.1, -0.05) is 0 Å². The van der Waals surface area contributed by atoms with Crippen molar-refractivity contribution in [2.24, 2.45) is 0 Å². The van der Waals surface area contributed by atoms with E-state index >= 15 is 0 Å². The molecule has 1 aromatic heterocycles. The zero-order valence-corrected chi connectivity index (χ0v) is 7.43. The van der Waals surface area contributed by atoms with Crippen LogP contribution >= 0.6 is 0 Å². The summed E-state index contributed by atoms with van der Waals surface area (Å²) < 4.78 is 37.2. The van der Waals surface area contributed by atoms with E-state index in [1.165, 1.54) is 0 Å². The van der Waals surface area contributed by atoms with Crippen LogP contribution in [0, 0.1) is 0 Å². The fraction of sp³-hybridized carbons (Fsp3) is 0.375. The van der Waals surface area contributed by atoms with Gasteiger partial charge in [-0.25, -0.2) is 4.79 Å². The Hall–Kier alpha value is -1.46. The minimum Gasteiger partial charge on any atom is -0.338 e. The lowest BCUT2D eigenvalue weighted by Crippen LogP contribution is -2.27. The minimum absolute atomic E-state index is 0.373. The van der Waals surface area contributed by atoms with Gasteiger partial charge in [-0.15, -0.1) is 0 Å². The highest BCUT2D eigenvalue weighted by atomic mass is 19.4. The van der Waals surface area contributed by atoms with E-state index in [0.717, 1.165) is 23.0 Å². The van der Waals surface area contributed by atoms with Crippen LogP contribution in [-0.2, 0) is 6.18 Å². The summed E-state index contributed by atoms with van der Waals surface area (Å²) in [5.74, 6) is 0. The fourth-order valence-electron chi connectivity index (χ4n) is 0.933. The second kappa shape index (κ2) is 3.73. The van der Waals surface area contributed by atoms with Gasteiger partial charge in [0.1, 0.15) is 0 Å². The molecular formula is C8H9F3N2O. The predicted molar refractivity (Wildman–Crippen MR) is 43.9 cm³/mol. The molecule has 1 aromatic rings. The van der Waals surface area contributed by atoms with Crippen molar-refractivity contribution in [3.05, 3.63) is 24.0 Å². The van der Waals surface area contributed by atoms with Gasteiger partial charge in [0.2, 0.25) is 0 Å². The van der Waals surface area contributed by atoms with Gasteiger partial charge in [0.05, 0.1) is 5.56 Å². The number of halogens is 3. The number of carbonyl (C=O) groups excluding carboxylic acids is 1. The molecule has 0 spiro atoms. The number of nitrogens with one attached hydrogen (secondary N) is 1. The second-order valence-corrected chi connectivity index (χ2v) is 2.64. The standard InChI is InChI=1S/C8H9F3N2O/c1-2-12-7(14)13-4-3-6(5-13)8(9,10)11/h3-5H,2H2,1H3,(H,12,14). The van der Waals surface area contributed by atoms with Gasteiger partial charge in [0, 0.05) is 18.9 Å². The maximum Gasteiger partial charge on any atom is 0.417 e. The highest BCUT2D eigenvalue weighted by Gasteiger charge is 2.31. The van der Waals surface area contributed by atoms with Gasteiger partial charge in [0.15, 0.2) is 0 Å². The second-order valence-electron chi connectivity index (χ2n) is 2.64. The SMILES string of the molecule is CCNC(=O)n1ccc(C(F)(F)F)c1. The Morgan fingerprint density at radius 2 is 2.21 bits per heavy atom. The molecule has 0 aliphatic heterocycles. The molecule has 1 rings (SSSR count). The van der Waals surface area contributed by atoms with Crippen molar-refractivity contribution >= 4 is 6.03 Å². The Bertz CT molecular complexity index is 330. The van der Waals surface area contributed by atoms with Crippen molar-refractivity contribution < 1.29 is 18.0 Å². The third kappa shape index (κ3) is 2.27. The molecule has 0 aliphatic carbocycles. The molecule has 0 aliphatic rings. The maximum absolute atomic E-state index is 12.1. The minimum atomic E-state index is -4.41. The zero-order valence-electron chi connectivity index (χ0n) is 7.43. The molecule has 0 radical (unpaired) electrons. The summed E-state index contributed by atoms with van der Waals surface area (Å²) in [4.78, 5) is 11.1. The largest absolute Gasteiger partial charge is 0.417 e. The first-order valence-corrected chi connectivity index (χ1v) is 3.98. The molecule has 1 heterocycles. The number of rotatable bonds is 1. The lowest BCUT2D eigenvalue weighted by atomic mass is 10.3. The quantitative estimate of drug-likeness (QED) is 0.749. The molecular weight excluding hydrogens is 197 g/mol. The highest BCUT2D eigenvalue weighted by Crippen LogP contribution is 2.28. The van der Waals surface area contributed by atoms with Crippen LogP contribution in [0.2, 0.25) is 0 Å². The normalized spacial score (nSPS) is 11.4. The molecule has 1 amide bonds. The number of nitrogens with zero attached hydrogens (tertiary/aromatic N) is 1. The van der Waals surface area contributed by atoms with Gasteiger partial charge in [-0.2, -0.15) is 13.2 Å². The van der Waals surface area contributed by atoms with Crippen LogP contribution in [0.15, 0.2) is 18.5 Å². The zero-order chi connectivity index (χ0) is 10.8. The third-order valence-corrected chi connectivity index (χ3v) is 1.58. The van der Waals surface area contributed by atoms with E-state index in [2.05, 4.69) is 5.32 Å². The number of carbonyl (C=O) groups is 1. The molecule has 0 fully saturated rings. The Labute approximate surface area is 78.5 Å². The molecule has 3 nitrogen and oxygen atoms in total. The average Bonchev–Trinajstić information content (AvgIpc) is 2.51. The summed E-state index contributed by atoms with van der Waals surface area (Å²) >= 11 is 0. The molecule has 0 unspecified atom stereocenters. The summed E-state index contributed by atoms with van der Waals surface area (Å²) in [6, 6.07) is 0.290. The predicted octanol–water partition coefficient (Wildman–Crippen LogP) is 2.08. The van der Waals surface area contributed by atoms with Crippen molar-refractivity contribution in [2.75, 3.05) is 6.54 Å². The number of amides is 1. The van der Waals surface area contributed by atoms with E-state index in [9.17, 15) is 18.0 Å². The highest BCUT2D eigenvalue weighted by molar-refractivity contribution is 5.76. The van der Waals surface area contributed by atoms with Gasteiger partial charge in [0.25, 0.3) is 0 Å². The van der Waals surface area contributed by atoms with Crippen LogP contribution in [0.5, 0.6) is 0 Å². The van der Waals surface area contributed by atoms with Crippen molar-refractivity contribution in [3.8, 4) is 0 Å². The third-order valence-electron chi connectivity index (χ3n) is 1.58. The maximum atomic E-state index is 12.1. The average molecular weight is 206 g/mol. The van der Waals surface area contributed by atoms with Crippen LogP contribution in [-0.4, -0.2) is 17.1 Å². The van der Waals surface area contributed by atoms with Gasteiger partial charge < -0.3 is 5.32 Å². The van der Waals surface area contributed by atoms with Crippen LogP contribution < -0.4 is 5.32 Å². The van der Waals surface area contributed by atoms with E-state index < -0.39 is 17.8 Å². The first-order chi connectivity index (χ1) is 6.45. The van der Waals surface area contributed by atoms with E-state index in [-0.39, 0.29) is 0 Å². The molecule has 0 atom stereocenters. The van der Waals surface area contributed by atoms with Crippen molar-refractivity contribution in [3.63, 3.8) is 0 Å². The van der Waals surface area contributed by atoms with Crippen LogP contribution in [0.25, 0.3) is 0 Å². The first kappa shape index (κ1) is 10.6. The summed E-state index contributed by atoms with van der Waals surface area (Å²) in [5.41, 5.74) is -0.830. The van der Waals surface area contributed by atoms with Gasteiger partial charge in [-0.3, -0.25) is 4.57 Å². The Morgan fingerprint density at radius 3 is 2.64 bits per heavy atom. The Kier molecular flexibility index (Phi) is 2.83. The topological polar surface area (TPSA) is 34.0 Å². The number of aromatic nitrogens is 1. The molecule has 6 heteroatoms.